The molecule has 2 aromatic carbocycles. The van der Waals surface area contributed by atoms with Crippen molar-refractivity contribution in [3.63, 3.8) is 0 Å². The van der Waals surface area contributed by atoms with Crippen LogP contribution in [0.1, 0.15) is 27.1 Å². The topological polar surface area (TPSA) is 119 Å². The van der Waals surface area contributed by atoms with Crippen molar-refractivity contribution in [2.75, 3.05) is 19.0 Å². The number of hydrogen-bond donors (Lipinski definition) is 1. The van der Waals surface area contributed by atoms with E-state index < -0.39 is 22.6 Å². The molecule has 27 heavy (non-hydrogen) atoms. The highest BCUT2D eigenvalue weighted by molar-refractivity contribution is 6.21. The number of amides is 3. The number of anilines is 1. The minimum Gasteiger partial charge on any atom is -0.495 e. The van der Waals surface area contributed by atoms with Crippen molar-refractivity contribution in [1.82, 2.24) is 4.90 Å². The number of hydrogen-bond acceptors (Lipinski definition) is 6. The van der Waals surface area contributed by atoms with Gasteiger partial charge in [0, 0.05) is 25.1 Å². The van der Waals surface area contributed by atoms with Gasteiger partial charge in [-0.05, 0) is 18.2 Å². The zero-order chi connectivity index (χ0) is 19.6. The summed E-state index contributed by atoms with van der Waals surface area (Å²) >= 11 is 0. The van der Waals surface area contributed by atoms with Crippen LogP contribution in [-0.2, 0) is 4.79 Å². The molecule has 1 aliphatic rings. The number of benzene rings is 2. The van der Waals surface area contributed by atoms with Crippen LogP contribution in [0, 0.1) is 10.1 Å². The highest BCUT2D eigenvalue weighted by Crippen LogP contribution is 2.29. The molecule has 3 rings (SSSR count). The number of rotatable bonds is 6. The molecule has 0 aliphatic carbocycles. The SMILES string of the molecule is COc1ccc([N+](=O)[O-])cc1NC(=O)CCN1C(=O)c2ccccc2C1=O. The lowest BCUT2D eigenvalue weighted by Crippen LogP contribution is -2.32. The second kappa shape index (κ2) is 7.24. The van der Waals surface area contributed by atoms with Crippen LogP contribution in [0.25, 0.3) is 0 Å². The second-order valence-electron chi connectivity index (χ2n) is 5.75. The van der Waals surface area contributed by atoms with Crippen LogP contribution >= 0.6 is 0 Å². The van der Waals surface area contributed by atoms with E-state index in [1.165, 1.54) is 25.3 Å². The van der Waals surface area contributed by atoms with E-state index in [4.69, 9.17) is 4.74 Å². The maximum absolute atomic E-state index is 12.3. The van der Waals surface area contributed by atoms with Gasteiger partial charge in [0.15, 0.2) is 0 Å². The molecule has 1 heterocycles. The van der Waals surface area contributed by atoms with Crippen molar-refractivity contribution in [2.45, 2.75) is 6.42 Å². The number of nitro groups is 1. The van der Waals surface area contributed by atoms with E-state index in [1.807, 2.05) is 0 Å². The molecule has 0 spiro atoms. The summed E-state index contributed by atoms with van der Waals surface area (Å²) in [6, 6.07) is 10.3. The molecule has 9 nitrogen and oxygen atoms in total. The van der Waals surface area contributed by atoms with Gasteiger partial charge in [0.2, 0.25) is 5.91 Å². The van der Waals surface area contributed by atoms with Crippen LogP contribution in [0.4, 0.5) is 11.4 Å². The van der Waals surface area contributed by atoms with Crippen LogP contribution in [-0.4, -0.2) is 41.2 Å². The van der Waals surface area contributed by atoms with Gasteiger partial charge in [-0.1, -0.05) is 12.1 Å². The Kier molecular flexibility index (Phi) is 4.84. The van der Waals surface area contributed by atoms with E-state index in [2.05, 4.69) is 5.32 Å². The van der Waals surface area contributed by atoms with E-state index in [0.29, 0.717) is 11.1 Å². The quantitative estimate of drug-likeness (QED) is 0.474. The first-order chi connectivity index (χ1) is 12.9. The summed E-state index contributed by atoms with van der Waals surface area (Å²) in [5.41, 5.74) is 0.553. The molecule has 1 aliphatic heterocycles. The Labute approximate surface area is 153 Å². The van der Waals surface area contributed by atoms with E-state index >= 15 is 0 Å². The first-order valence-corrected chi connectivity index (χ1v) is 8.00. The third-order valence-electron chi connectivity index (χ3n) is 4.11. The molecular weight excluding hydrogens is 354 g/mol. The number of nitrogens with one attached hydrogen (secondary N) is 1. The molecule has 0 aromatic heterocycles. The summed E-state index contributed by atoms with van der Waals surface area (Å²) in [6.45, 7) is -0.102. The zero-order valence-corrected chi connectivity index (χ0v) is 14.3. The molecule has 1 N–H and O–H groups in total. The van der Waals surface area contributed by atoms with Gasteiger partial charge in [-0.3, -0.25) is 29.4 Å². The van der Waals surface area contributed by atoms with Crippen LogP contribution in [0.2, 0.25) is 0 Å². The zero-order valence-electron chi connectivity index (χ0n) is 14.3. The molecule has 138 valence electrons. The summed E-state index contributed by atoms with van der Waals surface area (Å²) in [4.78, 5) is 48.1. The molecule has 0 atom stereocenters. The normalized spacial score (nSPS) is 12.7. The van der Waals surface area contributed by atoms with Gasteiger partial charge < -0.3 is 10.1 Å². The maximum atomic E-state index is 12.3. The number of methoxy groups -OCH3 is 1. The molecule has 0 unspecified atom stereocenters. The number of non-ortho nitro benzene ring substituents is 1. The summed E-state index contributed by atoms with van der Waals surface area (Å²) < 4.78 is 5.08. The highest BCUT2D eigenvalue weighted by atomic mass is 16.6. The summed E-state index contributed by atoms with van der Waals surface area (Å²) in [5.74, 6) is -1.15. The smallest absolute Gasteiger partial charge is 0.271 e. The standard InChI is InChI=1S/C18H15N3O6/c1-27-15-7-6-11(21(25)26)10-14(15)19-16(22)8-9-20-17(23)12-4-2-3-5-13(12)18(20)24/h2-7,10H,8-9H2,1H3,(H,19,22). The Morgan fingerprint density at radius 3 is 2.33 bits per heavy atom. The van der Waals surface area contributed by atoms with E-state index in [1.54, 1.807) is 24.3 Å². The summed E-state index contributed by atoms with van der Waals surface area (Å²) in [7, 11) is 1.37. The predicted octanol–water partition coefficient (Wildman–Crippen LogP) is 2.23. The average molecular weight is 369 g/mol. The van der Waals surface area contributed by atoms with Crippen molar-refractivity contribution in [3.8, 4) is 5.75 Å². The van der Waals surface area contributed by atoms with Crippen LogP contribution in [0.5, 0.6) is 5.75 Å². The fourth-order valence-electron chi connectivity index (χ4n) is 2.78. The van der Waals surface area contributed by atoms with Gasteiger partial charge >= 0.3 is 0 Å². The Bertz CT molecular complexity index is 921. The summed E-state index contributed by atoms with van der Waals surface area (Å²) in [5, 5.41) is 13.4. The number of carbonyl (C=O) groups excluding carboxylic acids is 3. The van der Waals surface area contributed by atoms with Crippen LogP contribution in [0.3, 0.4) is 0 Å². The van der Waals surface area contributed by atoms with Gasteiger partial charge in [0.05, 0.1) is 28.8 Å². The van der Waals surface area contributed by atoms with Crippen molar-refractivity contribution in [1.29, 1.82) is 0 Å². The van der Waals surface area contributed by atoms with Crippen LogP contribution < -0.4 is 10.1 Å². The van der Waals surface area contributed by atoms with Gasteiger partial charge in [0.25, 0.3) is 17.5 Å². The maximum Gasteiger partial charge on any atom is 0.271 e. The number of nitro benzene ring substituents is 1. The Balaban J connectivity index is 1.68. The largest absolute Gasteiger partial charge is 0.495 e. The Morgan fingerprint density at radius 2 is 1.78 bits per heavy atom. The van der Waals surface area contributed by atoms with Gasteiger partial charge in [-0.25, -0.2) is 0 Å². The monoisotopic (exact) mass is 369 g/mol. The lowest BCUT2D eigenvalue weighted by molar-refractivity contribution is -0.384. The molecule has 9 heteroatoms. The molecule has 0 bridgehead atoms. The fourth-order valence-corrected chi connectivity index (χ4v) is 2.78. The van der Waals surface area contributed by atoms with E-state index in [0.717, 1.165) is 4.90 Å². The lowest BCUT2D eigenvalue weighted by atomic mass is 10.1. The Morgan fingerprint density at radius 1 is 1.15 bits per heavy atom. The second-order valence-corrected chi connectivity index (χ2v) is 5.75. The van der Waals surface area contributed by atoms with Gasteiger partial charge in [-0.15, -0.1) is 0 Å². The van der Waals surface area contributed by atoms with Crippen molar-refractivity contribution in [3.05, 3.63) is 63.7 Å². The minimum atomic E-state index is -0.589. The number of nitrogens with zero attached hydrogens (tertiary/aromatic N) is 2. The summed E-state index contributed by atoms with van der Waals surface area (Å²) in [6.07, 6.45) is -0.155. The van der Waals surface area contributed by atoms with Crippen LogP contribution in [0.15, 0.2) is 42.5 Å². The van der Waals surface area contributed by atoms with Gasteiger partial charge in [-0.2, -0.15) is 0 Å². The molecular formula is C18H15N3O6. The predicted molar refractivity (Wildman–Crippen MR) is 94.7 cm³/mol. The van der Waals surface area contributed by atoms with E-state index in [9.17, 15) is 24.5 Å². The van der Waals surface area contributed by atoms with Crippen molar-refractivity contribution in [2.24, 2.45) is 0 Å². The van der Waals surface area contributed by atoms with Gasteiger partial charge in [0.1, 0.15) is 5.75 Å². The van der Waals surface area contributed by atoms with Crippen molar-refractivity contribution >= 4 is 29.1 Å². The first kappa shape index (κ1) is 18.1. The molecule has 0 saturated heterocycles. The molecule has 0 saturated carbocycles. The first-order valence-electron chi connectivity index (χ1n) is 8.00. The average Bonchev–Trinajstić information content (AvgIpc) is 2.91. The van der Waals surface area contributed by atoms with E-state index in [-0.39, 0.29) is 30.1 Å². The lowest BCUT2D eigenvalue weighted by Gasteiger charge is -2.14. The molecule has 3 amide bonds. The Hall–Kier alpha value is -3.75. The highest BCUT2D eigenvalue weighted by Gasteiger charge is 2.35. The number of fused-ring (bicyclic) bond motifs is 1. The third kappa shape index (κ3) is 3.47. The number of imide groups is 1. The van der Waals surface area contributed by atoms with Crippen molar-refractivity contribution < 1.29 is 24.0 Å². The number of ether oxygens (including phenoxy) is 1. The number of carbonyl (C=O) groups is 3. The molecule has 0 radical (unpaired) electrons. The fraction of sp³-hybridized carbons (Fsp3) is 0.167. The third-order valence-corrected chi connectivity index (χ3v) is 4.11. The molecule has 0 fully saturated rings. The molecule has 2 aromatic rings. The minimum absolute atomic E-state index is 0.102.